The van der Waals surface area contributed by atoms with E-state index in [-0.39, 0.29) is 36.3 Å². The number of piperazine rings is 1. The molecule has 0 saturated carbocycles. The molecule has 114 valence electrons. The molecular weight excluding hydrogens is 279 g/mol. The molecule has 20 heavy (non-hydrogen) atoms. The van der Waals surface area contributed by atoms with Gasteiger partial charge in [0.15, 0.2) is 0 Å². The molecule has 0 aliphatic carbocycles. The van der Waals surface area contributed by atoms with Crippen molar-refractivity contribution in [2.45, 2.75) is 19.9 Å². The zero-order valence-electron chi connectivity index (χ0n) is 12.1. The van der Waals surface area contributed by atoms with Gasteiger partial charge in [-0.1, -0.05) is 32.0 Å². The highest BCUT2D eigenvalue weighted by Gasteiger charge is 2.36. The molecule has 2 rings (SSSR count). The maximum Gasteiger partial charge on any atom is 0.128 e. The van der Waals surface area contributed by atoms with Gasteiger partial charge in [-0.15, -0.1) is 12.4 Å². The van der Waals surface area contributed by atoms with Gasteiger partial charge in [-0.25, -0.2) is 4.39 Å². The Morgan fingerprint density at radius 3 is 2.45 bits per heavy atom. The molecule has 0 aromatic heterocycles. The Morgan fingerprint density at radius 2 is 1.90 bits per heavy atom. The van der Waals surface area contributed by atoms with E-state index in [2.05, 4.69) is 10.2 Å². The predicted octanol–water partition coefficient (Wildman–Crippen LogP) is 2.21. The first kappa shape index (κ1) is 17.4. The third-order valence-corrected chi connectivity index (χ3v) is 3.86. The zero-order valence-corrected chi connectivity index (χ0v) is 12.9. The van der Waals surface area contributed by atoms with Gasteiger partial charge in [0.05, 0.1) is 0 Å². The number of halogens is 2. The van der Waals surface area contributed by atoms with E-state index >= 15 is 0 Å². The fourth-order valence-corrected chi connectivity index (χ4v) is 2.84. The molecule has 3 nitrogen and oxygen atoms in total. The van der Waals surface area contributed by atoms with Crippen molar-refractivity contribution in [2.75, 3.05) is 32.8 Å². The number of hydrogen-bond acceptors (Lipinski definition) is 3. The molecule has 1 fully saturated rings. The molecule has 0 bridgehead atoms. The summed E-state index contributed by atoms with van der Waals surface area (Å²) in [6, 6.07) is 6.80. The molecule has 0 unspecified atom stereocenters. The summed E-state index contributed by atoms with van der Waals surface area (Å²) in [5.74, 6) is -0.187. The highest BCUT2D eigenvalue weighted by atomic mass is 35.5. The first-order chi connectivity index (χ1) is 9.06. The van der Waals surface area contributed by atoms with Crippen LogP contribution in [0.15, 0.2) is 24.3 Å². The molecule has 0 radical (unpaired) electrons. The molecule has 1 aromatic rings. The number of nitrogens with zero attached hydrogens (tertiary/aromatic N) is 1. The first-order valence-corrected chi connectivity index (χ1v) is 6.86. The number of aliphatic hydroxyl groups is 1. The minimum absolute atomic E-state index is 0. The summed E-state index contributed by atoms with van der Waals surface area (Å²) in [7, 11) is 0. The van der Waals surface area contributed by atoms with Crippen molar-refractivity contribution in [1.82, 2.24) is 10.2 Å². The van der Waals surface area contributed by atoms with Crippen LogP contribution in [-0.2, 0) is 0 Å². The molecule has 1 atom stereocenters. The quantitative estimate of drug-likeness (QED) is 0.895. The van der Waals surface area contributed by atoms with Gasteiger partial charge in [0.2, 0.25) is 0 Å². The monoisotopic (exact) mass is 302 g/mol. The summed E-state index contributed by atoms with van der Waals surface area (Å²) in [5.41, 5.74) is 0.308. The molecule has 1 heterocycles. The van der Waals surface area contributed by atoms with E-state index in [1.54, 1.807) is 6.07 Å². The SMILES string of the molecule is CC(C)(CO)[C@@H](c1ccccc1F)N1CCNCC1.Cl. The summed E-state index contributed by atoms with van der Waals surface area (Å²) in [6.45, 7) is 7.60. The van der Waals surface area contributed by atoms with E-state index in [1.165, 1.54) is 6.07 Å². The van der Waals surface area contributed by atoms with Crippen LogP contribution in [-0.4, -0.2) is 42.8 Å². The Morgan fingerprint density at radius 1 is 1.30 bits per heavy atom. The minimum atomic E-state index is -0.375. The lowest BCUT2D eigenvalue weighted by molar-refractivity contribution is 0.0286. The largest absolute Gasteiger partial charge is 0.396 e. The fraction of sp³-hybridized carbons (Fsp3) is 0.600. The molecule has 1 aliphatic heterocycles. The Labute approximate surface area is 126 Å². The van der Waals surface area contributed by atoms with Gasteiger partial charge in [0.25, 0.3) is 0 Å². The Bertz CT molecular complexity index is 422. The Hall–Kier alpha value is -0.680. The number of aliphatic hydroxyl groups excluding tert-OH is 1. The Balaban J connectivity index is 0.00000200. The maximum atomic E-state index is 14.1. The van der Waals surface area contributed by atoms with Crippen molar-refractivity contribution < 1.29 is 9.50 Å². The van der Waals surface area contributed by atoms with Gasteiger partial charge in [0.1, 0.15) is 5.82 Å². The highest BCUT2D eigenvalue weighted by molar-refractivity contribution is 5.85. The highest BCUT2D eigenvalue weighted by Crippen LogP contribution is 2.39. The summed E-state index contributed by atoms with van der Waals surface area (Å²) >= 11 is 0. The smallest absolute Gasteiger partial charge is 0.128 e. The summed E-state index contributed by atoms with van der Waals surface area (Å²) < 4.78 is 14.1. The normalized spacial score (nSPS) is 18.4. The number of benzene rings is 1. The average Bonchev–Trinajstić information content (AvgIpc) is 2.42. The van der Waals surface area contributed by atoms with Crippen LogP contribution in [0.5, 0.6) is 0 Å². The summed E-state index contributed by atoms with van der Waals surface area (Å²) in [6.07, 6.45) is 0. The van der Waals surface area contributed by atoms with E-state index in [0.717, 1.165) is 26.2 Å². The number of rotatable bonds is 4. The second-order valence-electron chi connectivity index (χ2n) is 5.86. The maximum absolute atomic E-state index is 14.1. The second-order valence-corrected chi connectivity index (χ2v) is 5.86. The lowest BCUT2D eigenvalue weighted by atomic mass is 9.79. The number of nitrogens with one attached hydrogen (secondary N) is 1. The van der Waals surface area contributed by atoms with Gasteiger partial charge in [-0.05, 0) is 6.07 Å². The van der Waals surface area contributed by atoms with Crippen LogP contribution in [0.3, 0.4) is 0 Å². The van der Waals surface area contributed by atoms with Crippen LogP contribution in [0.1, 0.15) is 25.5 Å². The van der Waals surface area contributed by atoms with Crippen LogP contribution < -0.4 is 5.32 Å². The fourth-order valence-electron chi connectivity index (χ4n) is 2.84. The van der Waals surface area contributed by atoms with E-state index in [0.29, 0.717) is 5.56 Å². The van der Waals surface area contributed by atoms with Gasteiger partial charge >= 0.3 is 0 Å². The average molecular weight is 303 g/mol. The standard InChI is InChI=1S/C15H23FN2O.ClH/c1-15(2,11-19)14(18-9-7-17-8-10-18)12-5-3-4-6-13(12)16;/h3-6,14,17,19H,7-11H2,1-2H3;1H/t14-;/m1./s1. The zero-order chi connectivity index (χ0) is 13.9. The molecule has 1 saturated heterocycles. The van der Waals surface area contributed by atoms with Crippen LogP contribution in [0.2, 0.25) is 0 Å². The Kier molecular flexibility index (Phi) is 6.40. The predicted molar refractivity (Wildman–Crippen MR) is 81.7 cm³/mol. The molecule has 1 aliphatic rings. The summed E-state index contributed by atoms with van der Waals surface area (Å²) in [4.78, 5) is 2.27. The molecule has 1 aromatic carbocycles. The lowest BCUT2D eigenvalue weighted by Gasteiger charge is -2.43. The summed E-state index contributed by atoms with van der Waals surface area (Å²) in [5, 5.41) is 13.0. The van der Waals surface area contributed by atoms with Crippen molar-refractivity contribution in [3.8, 4) is 0 Å². The van der Waals surface area contributed by atoms with Gasteiger partial charge in [0, 0.05) is 49.8 Å². The molecule has 0 spiro atoms. The van der Waals surface area contributed by atoms with Crippen LogP contribution >= 0.6 is 12.4 Å². The van der Waals surface area contributed by atoms with Gasteiger partial charge in [-0.2, -0.15) is 0 Å². The van der Waals surface area contributed by atoms with E-state index in [1.807, 2.05) is 26.0 Å². The third-order valence-electron chi connectivity index (χ3n) is 3.86. The van der Waals surface area contributed by atoms with Crippen molar-refractivity contribution in [3.05, 3.63) is 35.6 Å². The van der Waals surface area contributed by atoms with Crippen LogP contribution in [0.4, 0.5) is 4.39 Å². The van der Waals surface area contributed by atoms with E-state index in [4.69, 9.17) is 0 Å². The van der Waals surface area contributed by atoms with Gasteiger partial charge in [-0.3, -0.25) is 4.90 Å². The van der Waals surface area contributed by atoms with E-state index < -0.39 is 0 Å². The van der Waals surface area contributed by atoms with E-state index in [9.17, 15) is 9.50 Å². The van der Waals surface area contributed by atoms with Gasteiger partial charge < -0.3 is 10.4 Å². The van der Waals surface area contributed by atoms with Crippen molar-refractivity contribution in [2.24, 2.45) is 5.41 Å². The van der Waals surface area contributed by atoms with Crippen LogP contribution in [0, 0.1) is 11.2 Å². The molecule has 0 amide bonds. The van der Waals surface area contributed by atoms with Crippen molar-refractivity contribution in [1.29, 1.82) is 0 Å². The lowest BCUT2D eigenvalue weighted by Crippen LogP contribution is -2.49. The number of hydrogen-bond donors (Lipinski definition) is 2. The first-order valence-electron chi connectivity index (χ1n) is 6.86. The minimum Gasteiger partial charge on any atom is -0.396 e. The topological polar surface area (TPSA) is 35.5 Å². The van der Waals surface area contributed by atoms with Crippen molar-refractivity contribution in [3.63, 3.8) is 0 Å². The molecular formula is C15H24ClFN2O. The van der Waals surface area contributed by atoms with Crippen molar-refractivity contribution >= 4 is 12.4 Å². The second kappa shape index (κ2) is 7.36. The van der Waals surface area contributed by atoms with Crippen LogP contribution in [0.25, 0.3) is 0 Å². The third kappa shape index (κ3) is 3.70. The molecule has 5 heteroatoms. The molecule has 2 N–H and O–H groups in total.